The van der Waals surface area contributed by atoms with Crippen molar-refractivity contribution in [1.29, 1.82) is 0 Å². The van der Waals surface area contributed by atoms with Crippen LogP contribution in [0.5, 0.6) is 5.75 Å². The molecule has 3 aliphatic rings. The van der Waals surface area contributed by atoms with Crippen molar-refractivity contribution in [2.45, 2.75) is 50.7 Å². The van der Waals surface area contributed by atoms with E-state index >= 15 is 0 Å². The van der Waals surface area contributed by atoms with Gasteiger partial charge in [0.2, 0.25) is 0 Å². The molecule has 1 aliphatic carbocycles. The first-order chi connectivity index (χ1) is 16.2. The number of piperidine rings is 1. The quantitative estimate of drug-likeness (QED) is 0.613. The van der Waals surface area contributed by atoms with Crippen LogP contribution in [-0.2, 0) is 22.4 Å². The number of fused-ring (bicyclic) bond motifs is 1. The highest BCUT2D eigenvalue weighted by Crippen LogP contribution is 2.29. The molecule has 0 aromatic heterocycles. The van der Waals surface area contributed by atoms with Crippen molar-refractivity contribution in [3.05, 3.63) is 65.7 Å². The van der Waals surface area contributed by atoms with Gasteiger partial charge in [-0.1, -0.05) is 42.5 Å². The molecule has 0 spiro atoms. The Balaban J connectivity index is 1.14. The molecule has 1 unspecified atom stereocenters. The standard InChI is InChI=1S/C28H36N2O3/c31-28(21-33-26-9-2-1-3-10-26)30(20-27-11-6-16-32-27)19-22-12-14-29(15-13-22)25-17-23-7-4-5-8-24(23)18-25/h1-5,7-10,22,25,27H,6,11-21H2. The van der Waals surface area contributed by atoms with Gasteiger partial charge in [0.1, 0.15) is 5.75 Å². The first-order valence-electron chi connectivity index (χ1n) is 12.6. The van der Waals surface area contributed by atoms with Crippen LogP contribution >= 0.6 is 0 Å². The predicted molar refractivity (Wildman–Crippen MR) is 129 cm³/mol. The molecule has 5 heteroatoms. The molecule has 5 rings (SSSR count). The van der Waals surface area contributed by atoms with E-state index in [1.165, 1.54) is 24.0 Å². The smallest absolute Gasteiger partial charge is 0.260 e. The minimum absolute atomic E-state index is 0.0722. The van der Waals surface area contributed by atoms with Gasteiger partial charge in [-0.3, -0.25) is 9.69 Å². The van der Waals surface area contributed by atoms with Crippen LogP contribution in [0.15, 0.2) is 54.6 Å². The summed E-state index contributed by atoms with van der Waals surface area (Å²) >= 11 is 0. The molecular weight excluding hydrogens is 412 g/mol. The number of amides is 1. The molecule has 33 heavy (non-hydrogen) atoms. The first kappa shape index (κ1) is 22.4. The molecule has 2 heterocycles. The average molecular weight is 449 g/mol. The maximum absolute atomic E-state index is 13.1. The Morgan fingerprint density at radius 1 is 0.939 bits per heavy atom. The molecule has 2 aromatic rings. The van der Waals surface area contributed by atoms with Gasteiger partial charge in [-0.2, -0.15) is 0 Å². The highest BCUT2D eigenvalue weighted by atomic mass is 16.5. The molecule has 2 aromatic carbocycles. The number of rotatable bonds is 8. The summed E-state index contributed by atoms with van der Waals surface area (Å²) in [6, 6.07) is 19.2. The lowest BCUT2D eigenvalue weighted by atomic mass is 9.94. The molecule has 2 fully saturated rings. The fraction of sp³-hybridized carbons (Fsp3) is 0.536. The molecule has 0 radical (unpaired) electrons. The number of nitrogens with zero attached hydrogens (tertiary/aromatic N) is 2. The molecule has 1 atom stereocenters. The molecule has 0 N–H and O–H groups in total. The normalized spacial score (nSPS) is 21.8. The Bertz CT molecular complexity index is 879. The summed E-state index contributed by atoms with van der Waals surface area (Å²) < 4.78 is 11.6. The van der Waals surface area contributed by atoms with Crippen LogP contribution in [0.3, 0.4) is 0 Å². The highest BCUT2D eigenvalue weighted by molar-refractivity contribution is 5.77. The minimum Gasteiger partial charge on any atom is -0.484 e. The number of carbonyl (C=O) groups is 1. The van der Waals surface area contributed by atoms with Gasteiger partial charge in [-0.05, 0) is 80.8 Å². The van der Waals surface area contributed by atoms with E-state index in [2.05, 4.69) is 29.2 Å². The predicted octanol–water partition coefficient (Wildman–Crippen LogP) is 3.95. The van der Waals surface area contributed by atoms with Crippen molar-refractivity contribution in [3.63, 3.8) is 0 Å². The third kappa shape index (κ3) is 5.77. The van der Waals surface area contributed by atoms with Crippen molar-refractivity contribution in [2.24, 2.45) is 5.92 Å². The number of para-hydroxylation sites is 1. The molecule has 5 nitrogen and oxygen atoms in total. The van der Waals surface area contributed by atoms with Crippen LogP contribution in [-0.4, -0.2) is 67.2 Å². The van der Waals surface area contributed by atoms with Crippen LogP contribution in [0.1, 0.15) is 36.8 Å². The van der Waals surface area contributed by atoms with Gasteiger partial charge < -0.3 is 14.4 Å². The summed E-state index contributed by atoms with van der Waals surface area (Å²) in [6.45, 7) is 4.67. The van der Waals surface area contributed by atoms with Crippen molar-refractivity contribution >= 4 is 5.91 Å². The van der Waals surface area contributed by atoms with Gasteiger partial charge >= 0.3 is 0 Å². The van der Waals surface area contributed by atoms with Crippen LogP contribution in [0.2, 0.25) is 0 Å². The van der Waals surface area contributed by atoms with Crippen LogP contribution in [0.25, 0.3) is 0 Å². The molecule has 1 amide bonds. The van der Waals surface area contributed by atoms with Crippen LogP contribution < -0.4 is 4.74 Å². The molecule has 0 saturated carbocycles. The SMILES string of the molecule is O=C(COc1ccccc1)N(CC1CCN(C2Cc3ccccc3C2)CC1)CC1CCCO1. The van der Waals surface area contributed by atoms with Gasteiger partial charge in [-0.25, -0.2) is 0 Å². The summed E-state index contributed by atoms with van der Waals surface area (Å²) in [5, 5.41) is 0. The largest absolute Gasteiger partial charge is 0.484 e. The highest BCUT2D eigenvalue weighted by Gasteiger charge is 2.31. The zero-order valence-electron chi connectivity index (χ0n) is 19.5. The lowest BCUT2D eigenvalue weighted by Crippen LogP contribution is -2.47. The monoisotopic (exact) mass is 448 g/mol. The van der Waals surface area contributed by atoms with Crippen molar-refractivity contribution < 1.29 is 14.3 Å². The summed E-state index contributed by atoms with van der Waals surface area (Å²) in [4.78, 5) is 17.8. The Morgan fingerprint density at radius 3 is 2.30 bits per heavy atom. The summed E-state index contributed by atoms with van der Waals surface area (Å²) in [6.07, 6.45) is 6.98. The minimum atomic E-state index is 0.0722. The zero-order chi connectivity index (χ0) is 22.5. The number of likely N-dealkylation sites (tertiary alicyclic amines) is 1. The average Bonchev–Trinajstić information content (AvgIpc) is 3.53. The van der Waals surface area contributed by atoms with Gasteiger partial charge in [0.05, 0.1) is 6.10 Å². The Kier molecular flexibility index (Phi) is 7.27. The van der Waals surface area contributed by atoms with Crippen molar-refractivity contribution in [1.82, 2.24) is 9.80 Å². The number of benzene rings is 2. The van der Waals surface area contributed by atoms with Crippen LogP contribution in [0.4, 0.5) is 0 Å². The van der Waals surface area contributed by atoms with Crippen molar-refractivity contribution in [3.8, 4) is 5.75 Å². The summed E-state index contributed by atoms with van der Waals surface area (Å²) in [5.74, 6) is 1.36. The maximum Gasteiger partial charge on any atom is 0.260 e. The number of hydrogen-bond acceptors (Lipinski definition) is 4. The van der Waals surface area contributed by atoms with E-state index in [4.69, 9.17) is 9.47 Å². The second-order valence-electron chi connectivity index (χ2n) is 9.85. The van der Waals surface area contributed by atoms with E-state index in [0.29, 0.717) is 18.5 Å². The van der Waals surface area contributed by atoms with E-state index in [1.54, 1.807) is 0 Å². The second-order valence-corrected chi connectivity index (χ2v) is 9.85. The Hall–Kier alpha value is -2.37. The fourth-order valence-corrected chi connectivity index (χ4v) is 5.67. The molecule has 2 saturated heterocycles. The molecule has 2 aliphatic heterocycles. The first-order valence-corrected chi connectivity index (χ1v) is 12.6. The number of hydrogen-bond donors (Lipinski definition) is 0. The Morgan fingerprint density at radius 2 is 1.64 bits per heavy atom. The fourth-order valence-electron chi connectivity index (χ4n) is 5.67. The Labute approximate surface area is 197 Å². The molecule has 0 bridgehead atoms. The lowest BCUT2D eigenvalue weighted by Gasteiger charge is -2.38. The van der Waals surface area contributed by atoms with E-state index in [-0.39, 0.29) is 18.6 Å². The van der Waals surface area contributed by atoms with E-state index in [0.717, 1.165) is 57.7 Å². The summed E-state index contributed by atoms with van der Waals surface area (Å²) in [5.41, 5.74) is 3.05. The van der Waals surface area contributed by atoms with Gasteiger partial charge in [0, 0.05) is 25.7 Å². The third-order valence-corrected chi connectivity index (χ3v) is 7.58. The van der Waals surface area contributed by atoms with Crippen LogP contribution in [0, 0.1) is 5.92 Å². The van der Waals surface area contributed by atoms with Gasteiger partial charge in [-0.15, -0.1) is 0 Å². The lowest BCUT2D eigenvalue weighted by molar-refractivity contribution is -0.136. The van der Waals surface area contributed by atoms with Gasteiger partial charge in [0.15, 0.2) is 6.61 Å². The summed E-state index contributed by atoms with van der Waals surface area (Å²) in [7, 11) is 0. The third-order valence-electron chi connectivity index (χ3n) is 7.58. The van der Waals surface area contributed by atoms with E-state index in [1.807, 2.05) is 35.2 Å². The molecular formula is C28H36N2O3. The maximum atomic E-state index is 13.1. The van der Waals surface area contributed by atoms with E-state index in [9.17, 15) is 4.79 Å². The second kappa shape index (κ2) is 10.7. The van der Waals surface area contributed by atoms with E-state index < -0.39 is 0 Å². The number of carbonyl (C=O) groups excluding carboxylic acids is 1. The molecule has 176 valence electrons. The number of ether oxygens (including phenoxy) is 2. The van der Waals surface area contributed by atoms with Gasteiger partial charge in [0.25, 0.3) is 5.91 Å². The topological polar surface area (TPSA) is 42.0 Å². The van der Waals surface area contributed by atoms with Crippen molar-refractivity contribution in [2.75, 3.05) is 39.4 Å². The zero-order valence-corrected chi connectivity index (χ0v) is 19.5.